The Hall–Kier alpha value is -1.88. The van der Waals surface area contributed by atoms with Gasteiger partial charge in [0.25, 0.3) is 5.56 Å². The van der Waals surface area contributed by atoms with Gasteiger partial charge in [-0.25, -0.2) is 0 Å². The molecule has 0 bridgehead atoms. The largest absolute Gasteiger partial charge is 0.494 e. The van der Waals surface area contributed by atoms with Gasteiger partial charge in [0.05, 0.1) is 17.7 Å². The number of rotatable bonds is 3. The first-order chi connectivity index (χ1) is 9.28. The van der Waals surface area contributed by atoms with Crippen molar-refractivity contribution in [3.63, 3.8) is 0 Å². The monoisotopic (exact) mass is 274 g/mol. The lowest BCUT2D eigenvalue weighted by molar-refractivity contribution is 0.340. The smallest absolute Gasteiger partial charge is 0.270 e. The Balaban J connectivity index is 2.00. The van der Waals surface area contributed by atoms with E-state index in [-0.39, 0.29) is 5.56 Å². The summed E-state index contributed by atoms with van der Waals surface area (Å²) in [6, 6.07) is 7.74. The number of hydrogen-bond acceptors (Lipinski definition) is 4. The molecule has 0 spiro atoms. The number of hydrogen-bond donors (Lipinski definition) is 0. The Morgan fingerprint density at radius 1 is 1.42 bits per heavy atom. The Morgan fingerprint density at radius 2 is 2.21 bits per heavy atom. The van der Waals surface area contributed by atoms with Crippen LogP contribution in [0.3, 0.4) is 0 Å². The van der Waals surface area contributed by atoms with Crippen LogP contribution in [0.2, 0.25) is 0 Å². The van der Waals surface area contributed by atoms with Crippen molar-refractivity contribution in [2.75, 3.05) is 13.2 Å². The molecule has 1 aliphatic rings. The number of fused-ring (bicyclic) bond motifs is 1. The maximum Gasteiger partial charge on any atom is 0.270 e. The maximum absolute atomic E-state index is 12.1. The molecule has 0 unspecified atom stereocenters. The van der Waals surface area contributed by atoms with Gasteiger partial charge in [-0.3, -0.25) is 14.4 Å². The first-order valence-electron chi connectivity index (χ1n) is 6.26. The first kappa shape index (κ1) is 12.2. The molecule has 98 valence electrons. The zero-order valence-electron chi connectivity index (χ0n) is 10.6. The van der Waals surface area contributed by atoms with Crippen molar-refractivity contribution in [2.45, 2.75) is 13.5 Å². The number of ether oxygens (including phenoxy) is 1. The van der Waals surface area contributed by atoms with Gasteiger partial charge in [0.15, 0.2) is 4.80 Å². The van der Waals surface area contributed by atoms with Crippen LogP contribution in [0.25, 0.3) is 6.08 Å². The van der Waals surface area contributed by atoms with Crippen LogP contribution in [0.5, 0.6) is 5.75 Å². The third kappa shape index (κ3) is 2.33. The molecule has 0 aliphatic carbocycles. The van der Waals surface area contributed by atoms with E-state index < -0.39 is 0 Å². The van der Waals surface area contributed by atoms with E-state index in [0.717, 1.165) is 27.2 Å². The van der Waals surface area contributed by atoms with Crippen molar-refractivity contribution in [2.24, 2.45) is 4.99 Å². The van der Waals surface area contributed by atoms with E-state index in [9.17, 15) is 4.79 Å². The van der Waals surface area contributed by atoms with Crippen molar-refractivity contribution in [1.82, 2.24) is 4.57 Å². The first-order valence-corrected chi connectivity index (χ1v) is 7.08. The molecule has 2 aromatic rings. The third-order valence-electron chi connectivity index (χ3n) is 2.95. The Kier molecular flexibility index (Phi) is 3.21. The van der Waals surface area contributed by atoms with E-state index in [1.165, 1.54) is 11.3 Å². The van der Waals surface area contributed by atoms with E-state index in [0.29, 0.717) is 13.2 Å². The third-order valence-corrected chi connectivity index (χ3v) is 3.99. The SMILES string of the molecule is CCOc1ccc(/C=c2/sc3n(c2=O)CCN=3)cc1. The highest BCUT2D eigenvalue weighted by molar-refractivity contribution is 7.07. The molecule has 19 heavy (non-hydrogen) atoms. The molecule has 1 aliphatic heterocycles. The van der Waals surface area contributed by atoms with Gasteiger partial charge in [-0.05, 0) is 30.7 Å². The second-order valence-electron chi connectivity index (χ2n) is 4.23. The summed E-state index contributed by atoms with van der Waals surface area (Å²) in [6.07, 6.45) is 1.91. The van der Waals surface area contributed by atoms with Crippen molar-refractivity contribution >= 4 is 17.4 Å². The van der Waals surface area contributed by atoms with Crippen LogP contribution in [-0.2, 0) is 6.54 Å². The van der Waals surface area contributed by atoms with E-state index in [1.54, 1.807) is 4.57 Å². The zero-order chi connectivity index (χ0) is 13.2. The summed E-state index contributed by atoms with van der Waals surface area (Å²) in [5.74, 6) is 0.847. The summed E-state index contributed by atoms with van der Waals surface area (Å²) in [6.45, 7) is 4.05. The second kappa shape index (κ2) is 5.01. The fourth-order valence-electron chi connectivity index (χ4n) is 2.05. The molecule has 0 fully saturated rings. The van der Waals surface area contributed by atoms with Crippen LogP contribution in [-0.4, -0.2) is 17.7 Å². The van der Waals surface area contributed by atoms with Gasteiger partial charge >= 0.3 is 0 Å². The van der Waals surface area contributed by atoms with E-state index in [2.05, 4.69) is 4.99 Å². The summed E-state index contributed by atoms with van der Waals surface area (Å²) < 4.78 is 7.87. The summed E-state index contributed by atoms with van der Waals surface area (Å²) in [5, 5.41) is 0. The van der Waals surface area contributed by atoms with Crippen LogP contribution in [0.1, 0.15) is 12.5 Å². The highest BCUT2D eigenvalue weighted by Crippen LogP contribution is 2.12. The number of thiazole rings is 1. The van der Waals surface area contributed by atoms with E-state index in [4.69, 9.17) is 4.74 Å². The normalized spacial score (nSPS) is 14.3. The quantitative estimate of drug-likeness (QED) is 0.830. The lowest BCUT2D eigenvalue weighted by Gasteiger charge is -2.01. The van der Waals surface area contributed by atoms with E-state index in [1.807, 2.05) is 37.3 Å². The van der Waals surface area contributed by atoms with Crippen molar-refractivity contribution < 1.29 is 4.74 Å². The summed E-state index contributed by atoms with van der Waals surface area (Å²) >= 11 is 1.45. The molecule has 2 heterocycles. The molecule has 0 N–H and O–H groups in total. The average Bonchev–Trinajstić information content (AvgIpc) is 2.97. The van der Waals surface area contributed by atoms with Crippen LogP contribution in [0, 0.1) is 0 Å². The fourth-order valence-corrected chi connectivity index (χ4v) is 3.08. The maximum atomic E-state index is 12.1. The van der Waals surface area contributed by atoms with Gasteiger partial charge in [-0.1, -0.05) is 23.5 Å². The lowest BCUT2D eigenvalue weighted by atomic mass is 10.2. The molecular weight excluding hydrogens is 260 g/mol. The Morgan fingerprint density at radius 3 is 2.89 bits per heavy atom. The topological polar surface area (TPSA) is 43.6 Å². The number of benzene rings is 1. The Labute approximate surface area is 114 Å². The van der Waals surface area contributed by atoms with Gasteiger partial charge < -0.3 is 4.74 Å². The Bertz CT molecular complexity index is 756. The molecule has 0 radical (unpaired) electrons. The van der Waals surface area contributed by atoms with Crippen LogP contribution >= 0.6 is 11.3 Å². The highest BCUT2D eigenvalue weighted by Gasteiger charge is 2.09. The summed E-state index contributed by atoms with van der Waals surface area (Å²) in [5.41, 5.74) is 1.07. The summed E-state index contributed by atoms with van der Waals surface area (Å²) in [7, 11) is 0. The molecule has 0 amide bonds. The summed E-state index contributed by atoms with van der Waals surface area (Å²) in [4.78, 5) is 17.2. The zero-order valence-corrected chi connectivity index (χ0v) is 11.4. The van der Waals surface area contributed by atoms with Gasteiger partial charge in [0.1, 0.15) is 5.75 Å². The fraction of sp³-hybridized carbons (Fsp3) is 0.286. The van der Waals surface area contributed by atoms with Crippen LogP contribution in [0.4, 0.5) is 0 Å². The molecule has 0 saturated heterocycles. The molecule has 4 nitrogen and oxygen atoms in total. The molecule has 1 aromatic carbocycles. The van der Waals surface area contributed by atoms with Gasteiger partial charge in [0.2, 0.25) is 0 Å². The minimum absolute atomic E-state index is 0.0649. The van der Waals surface area contributed by atoms with Crippen molar-refractivity contribution in [1.29, 1.82) is 0 Å². The predicted octanol–water partition coefficient (Wildman–Crippen LogP) is 0.770. The van der Waals surface area contributed by atoms with Gasteiger partial charge in [0, 0.05) is 6.54 Å². The molecule has 3 rings (SSSR count). The van der Waals surface area contributed by atoms with Crippen LogP contribution < -0.4 is 19.6 Å². The lowest BCUT2D eigenvalue weighted by Crippen LogP contribution is -2.29. The minimum atomic E-state index is 0.0649. The van der Waals surface area contributed by atoms with E-state index >= 15 is 0 Å². The second-order valence-corrected chi connectivity index (χ2v) is 5.24. The number of aromatic nitrogens is 1. The molecule has 5 heteroatoms. The molecule has 1 aromatic heterocycles. The molecular formula is C14H14N2O2S. The molecule has 0 saturated carbocycles. The minimum Gasteiger partial charge on any atom is -0.494 e. The van der Waals surface area contributed by atoms with Crippen LogP contribution in [0.15, 0.2) is 34.1 Å². The van der Waals surface area contributed by atoms with Crippen molar-refractivity contribution in [3.8, 4) is 5.75 Å². The van der Waals surface area contributed by atoms with Crippen molar-refractivity contribution in [3.05, 3.63) is 49.5 Å². The van der Waals surface area contributed by atoms with Gasteiger partial charge in [-0.2, -0.15) is 0 Å². The standard InChI is InChI=1S/C14H14N2O2S/c1-2-18-11-5-3-10(4-6-11)9-12-13(17)16-8-7-15-14(16)19-12/h3-6,9H,2,7-8H2,1H3/b12-9+. The molecule has 0 atom stereocenters. The average molecular weight is 274 g/mol. The predicted molar refractivity (Wildman–Crippen MR) is 75.4 cm³/mol. The van der Waals surface area contributed by atoms with Gasteiger partial charge in [-0.15, -0.1) is 0 Å². The highest BCUT2D eigenvalue weighted by atomic mass is 32.1. The number of nitrogens with zero attached hydrogens (tertiary/aromatic N) is 2.